The molecule has 0 rings (SSSR count). The Morgan fingerprint density at radius 2 is 0.597 bits per heavy atom. The van der Waals surface area contributed by atoms with E-state index in [4.69, 9.17) is 14.2 Å². The van der Waals surface area contributed by atoms with Gasteiger partial charge >= 0.3 is 17.9 Å². The van der Waals surface area contributed by atoms with Crippen LogP contribution in [0, 0.1) is 0 Å². The van der Waals surface area contributed by atoms with E-state index < -0.39 is 6.10 Å². The molecule has 0 aromatic heterocycles. The van der Waals surface area contributed by atoms with Crippen LogP contribution >= 0.6 is 0 Å². The lowest BCUT2D eigenvalue weighted by Gasteiger charge is -2.18. The molecule has 67 heavy (non-hydrogen) atoms. The molecule has 0 bridgehead atoms. The van der Waals surface area contributed by atoms with E-state index in [9.17, 15) is 14.4 Å². The van der Waals surface area contributed by atoms with Crippen molar-refractivity contribution in [2.75, 3.05) is 13.2 Å². The van der Waals surface area contributed by atoms with Crippen LogP contribution in [0.4, 0.5) is 0 Å². The van der Waals surface area contributed by atoms with Crippen LogP contribution in [0.1, 0.15) is 226 Å². The Kier molecular flexibility index (Phi) is 51.0. The number of carbonyl (C=O) groups excluding carboxylic acids is 3. The standard InChI is InChI=1S/C61H98O6/c1-4-7-10-13-16-19-22-25-27-29-30-32-34-37-39-42-45-48-51-54-60(63)66-57-58(67-61(64)55-52-49-46-43-40-35-24-21-18-15-12-9-6-3)56-65-59(62)53-50-47-44-41-38-36-33-31-28-26-23-20-17-14-11-8-5-2/h7-8,10-11,16-17,19-20,25-28,30,32-33,36-37,39,41,44,58H,4-6,9,12-15,18,21-24,29,31,34-35,38,40,42-43,45-57H2,1-3H3/b10-7-,11-8-,19-16-,20-17-,27-25-,28-26-,32-30-,36-33-,39-37-,44-41-/t58-/m0/s1. The van der Waals surface area contributed by atoms with E-state index in [2.05, 4.69) is 142 Å². The van der Waals surface area contributed by atoms with Crippen molar-refractivity contribution in [3.05, 3.63) is 122 Å². The number of carbonyl (C=O) groups is 3. The summed E-state index contributed by atoms with van der Waals surface area (Å²) in [5, 5.41) is 0. The van der Waals surface area contributed by atoms with Gasteiger partial charge in [0.05, 0.1) is 0 Å². The summed E-state index contributed by atoms with van der Waals surface area (Å²) < 4.78 is 16.8. The minimum atomic E-state index is -0.816. The van der Waals surface area contributed by atoms with Gasteiger partial charge in [-0.15, -0.1) is 0 Å². The fourth-order valence-corrected chi connectivity index (χ4v) is 6.97. The molecule has 0 spiro atoms. The third kappa shape index (κ3) is 52.6. The van der Waals surface area contributed by atoms with Crippen LogP contribution in [0.25, 0.3) is 0 Å². The number of hydrogen-bond acceptors (Lipinski definition) is 6. The van der Waals surface area contributed by atoms with E-state index in [1.54, 1.807) is 0 Å². The van der Waals surface area contributed by atoms with E-state index in [-0.39, 0.29) is 37.5 Å². The van der Waals surface area contributed by atoms with Crippen LogP contribution in [-0.2, 0) is 28.6 Å². The van der Waals surface area contributed by atoms with Crippen molar-refractivity contribution in [2.45, 2.75) is 232 Å². The maximum atomic E-state index is 12.8. The van der Waals surface area contributed by atoms with Crippen LogP contribution in [0.15, 0.2) is 122 Å². The lowest BCUT2D eigenvalue weighted by Crippen LogP contribution is -2.30. The highest BCUT2D eigenvalue weighted by atomic mass is 16.6. The number of allylic oxidation sites excluding steroid dienone is 20. The predicted octanol–water partition coefficient (Wildman–Crippen LogP) is 18.1. The van der Waals surface area contributed by atoms with E-state index in [1.165, 1.54) is 64.2 Å². The highest BCUT2D eigenvalue weighted by Gasteiger charge is 2.19. The largest absolute Gasteiger partial charge is 0.462 e. The zero-order valence-corrected chi connectivity index (χ0v) is 43.1. The second-order valence-electron chi connectivity index (χ2n) is 17.4. The van der Waals surface area contributed by atoms with Crippen molar-refractivity contribution in [1.82, 2.24) is 0 Å². The summed E-state index contributed by atoms with van der Waals surface area (Å²) in [6.45, 7) is 6.32. The molecule has 0 amide bonds. The first-order valence-electron chi connectivity index (χ1n) is 27.0. The smallest absolute Gasteiger partial charge is 0.306 e. The maximum Gasteiger partial charge on any atom is 0.306 e. The first-order valence-corrected chi connectivity index (χ1v) is 27.0. The Bertz CT molecular complexity index is 1440. The Balaban J connectivity index is 4.53. The molecule has 0 saturated carbocycles. The lowest BCUT2D eigenvalue weighted by molar-refractivity contribution is -0.167. The normalized spacial score (nSPS) is 13.1. The molecule has 0 heterocycles. The highest BCUT2D eigenvalue weighted by Crippen LogP contribution is 2.14. The summed E-state index contributed by atoms with van der Waals surface area (Å²) in [5.74, 6) is -1.01. The van der Waals surface area contributed by atoms with E-state index in [1.807, 2.05) is 0 Å². The number of hydrogen-bond donors (Lipinski definition) is 0. The van der Waals surface area contributed by atoms with E-state index >= 15 is 0 Å². The summed E-state index contributed by atoms with van der Waals surface area (Å²) in [4.78, 5) is 38.0. The molecule has 0 unspecified atom stereocenters. The molecule has 6 nitrogen and oxygen atoms in total. The van der Waals surface area contributed by atoms with E-state index in [0.717, 1.165) is 116 Å². The van der Waals surface area contributed by atoms with Crippen LogP contribution < -0.4 is 0 Å². The zero-order valence-electron chi connectivity index (χ0n) is 43.1. The molecule has 0 fully saturated rings. The van der Waals surface area contributed by atoms with Crippen molar-refractivity contribution < 1.29 is 28.6 Å². The van der Waals surface area contributed by atoms with Gasteiger partial charge in [0.15, 0.2) is 6.10 Å². The minimum absolute atomic E-state index is 0.115. The predicted molar refractivity (Wildman–Crippen MR) is 288 cm³/mol. The summed E-state index contributed by atoms with van der Waals surface area (Å²) in [5.41, 5.74) is 0. The molecule has 0 N–H and O–H groups in total. The molecular weight excluding hydrogens is 829 g/mol. The van der Waals surface area contributed by atoms with Crippen molar-refractivity contribution >= 4 is 17.9 Å². The van der Waals surface area contributed by atoms with E-state index in [0.29, 0.717) is 19.3 Å². The van der Waals surface area contributed by atoms with Gasteiger partial charge in [0.25, 0.3) is 0 Å². The zero-order chi connectivity index (χ0) is 48.6. The third-order valence-electron chi connectivity index (χ3n) is 11.0. The van der Waals surface area contributed by atoms with Crippen molar-refractivity contribution in [2.24, 2.45) is 0 Å². The summed E-state index contributed by atoms with van der Waals surface area (Å²) in [6, 6.07) is 0. The molecule has 378 valence electrons. The average Bonchev–Trinajstić information content (AvgIpc) is 3.33. The third-order valence-corrected chi connectivity index (χ3v) is 11.0. The first kappa shape index (κ1) is 62.8. The van der Waals surface area contributed by atoms with Crippen LogP contribution in [-0.4, -0.2) is 37.2 Å². The first-order chi connectivity index (χ1) is 33.0. The van der Waals surface area contributed by atoms with Gasteiger partial charge in [-0.1, -0.05) is 226 Å². The van der Waals surface area contributed by atoms with Crippen molar-refractivity contribution in [3.8, 4) is 0 Å². The van der Waals surface area contributed by atoms with Gasteiger partial charge in [-0.05, 0) is 103 Å². The molecule has 0 aliphatic heterocycles. The molecule has 0 aliphatic carbocycles. The Morgan fingerprint density at radius 3 is 0.970 bits per heavy atom. The molecule has 1 atom stereocenters. The van der Waals surface area contributed by atoms with Crippen LogP contribution in [0.2, 0.25) is 0 Å². The van der Waals surface area contributed by atoms with Crippen molar-refractivity contribution in [1.29, 1.82) is 0 Å². The summed E-state index contributed by atoms with van der Waals surface area (Å²) in [7, 11) is 0. The summed E-state index contributed by atoms with van der Waals surface area (Å²) in [6.07, 6.45) is 74.7. The lowest BCUT2D eigenvalue weighted by atomic mass is 10.0. The topological polar surface area (TPSA) is 78.9 Å². The molecule has 0 radical (unpaired) electrons. The number of unbranched alkanes of at least 4 members (excludes halogenated alkanes) is 16. The van der Waals surface area contributed by atoms with Gasteiger partial charge in [0.2, 0.25) is 0 Å². The Morgan fingerprint density at radius 1 is 0.313 bits per heavy atom. The van der Waals surface area contributed by atoms with Crippen LogP contribution in [0.3, 0.4) is 0 Å². The maximum absolute atomic E-state index is 12.8. The fraction of sp³-hybridized carbons (Fsp3) is 0.623. The fourth-order valence-electron chi connectivity index (χ4n) is 6.97. The van der Waals surface area contributed by atoms with Gasteiger partial charge in [-0.25, -0.2) is 0 Å². The molecule has 0 aromatic carbocycles. The van der Waals surface area contributed by atoms with Gasteiger partial charge < -0.3 is 14.2 Å². The molecule has 0 aliphatic rings. The number of ether oxygens (including phenoxy) is 3. The second-order valence-corrected chi connectivity index (χ2v) is 17.4. The Hall–Kier alpha value is -4.19. The molecule has 0 aromatic rings. The second kappa shape index (κ2) is 54.4. The average molecular weight is 927 g/mol. The van der Waals surface area contributed by atoms with Gasteiger partial charge in [-0.3, -0.25) is 14.4 Å². The van der Waals surface area contributed by atoms with Crippen LogP contribution in [0.5, 0.6) is 0 Å². The minimum Gasteiger partial charge on any atom is -0.462 e. The summed E-state index contributed by atoms with van der Waals surface area (Å²) >= 11 is 0. The molecular formula is C61H98O6. The molecule has 6 heteroatoms. The highest BCUT2D eigenvalue weighted by molar-refractivity contribution is 5.71. The molecule has 0 saturated heterocycles. The Labute approximate surface area is 412 Å². The van der Waals surface area contributed by atoms with Gasteiger partial charge in [0.1, 0.15) is 13.2 Å². The monoisotopic (exact) mass is 927 g/mol. The number of esters is 3. The van der Waals surface area contributed by atoms with Gasteiger partial charge in [-0.2, -0.15) is 0 Å². The SMILES string of the molecule is CC/C=C\C/C=C\C/C=C\C/C=C\C/C=C\CCCCCC(=O)OC[C@H](COC(=O)CCC/C=C\C/C=C\C/C=C\C/C=C\C/C=C\CC)OC(=O)CCCCCCCCCCCCCCC. The number of rotatable bonds is 47. The quantitative estimate of drug-likeness (QED) is 0.0262. The van der Waals surface area contributed by atoms with Gasteiger partial charge in [0, 0.05) is 19.3 Å². The van der Waals surface area contributed by atoms with Crippen molar-refractivity contribution in [3.63, 3.8) is 0 Å².